The Morgan fingerprint density at radius 1 is 1.14 bits per heavy atom. The van der Waals surface area contributed by atoms with Gasteiger partial charge in [0.1, 0.15) is 12.4 Å². The van der Waals surface area contributed by atoms with Crippen molar-refractivity contribution in [2.75, 3.05) is 6.61 Å². The van der Waals surface area contributed by atoms with Crippen molar-refractivity contribution in [1.29, 1.82) is 0 Å². The summed E-state index contributed by atoms with van der Waals surface area (Å²) in [5.74, 6) is 0.991. The van der Waals surface area contributed by atoms with Gasteiger partial charge in [0, 0.05) is 29.2 Å². The van der Waals surface area contributed by atoms with Crippen LogP contribution in [-0.4, -0.2) is 17.6 Å². The van der Waals surface area contributed by atoms with Crippen LogP contribution in [0, 0.1) is 0 Å². The van der Waals surface area contributed by atoms with Crippen LogP contribution in [0.5, 0.6) is 5.75 Å². The zero-order valence-corrected chi connectivity index (χ0v) is 12.7. The predicted octanol–water partition coefficient (Wildman–Crippen LogP) is 3.82. The second kappa shape index (κ2) is 5.50. The summed E-state index contributed by atoms with van der Waals surface area (Å²) >= 11 is 0. The van der Waals surface area contributed by atoms with E-state index in [9.17, 15) is 0 Å². The molecule has 2 atom stereocenters. The number of nitrogens with one attached hydrogen (secondary N) is 2. The molecule has 4 rings (SSSR count). The molecule has 0 spiro atoms. The molecule has 22 heavy (non-hydrogen) atoms. The van der Waals surface area contributed by atoms with E-state index in [-0.39, 0.29) is 0 Å². The van der Waals surface area contributed by atoms with Gasteiger partial charge >= 0.3 is 0 Å². The van der Waals surface area contributed by atoms with Gasteiger partial charge in [0.05, 0.1) is 0 Å². The first kappa shape index (κ1) is 13.4. The predicted molar refractivity (Wildman–Crippen MR) is 89.3 cm³/mol. The Balaban J connectivity index is 1.56. The second-order valence-electron chi connectivity index (χ2n) is 6.00. The maximum Gasteiger partial charge on any atom is 0.129 e. The van der Waals surface area contributed by atoms with Gasteiger partial charge in [-0.05, 0) is 36.6 Å². The van der Waals surface area contributed by atoms with Gasteiger partial charge in [0.2, 0.25) is 0 Å². The number of ether oxygens (including phenoxy) is 1. The van der Waals surface area contributed by atoms with E-state index in [4.69, 9.17) is 4.74 Å². The third-order valence-electron chi connectivity index (χ3n) is 4.44. The lowest BCUT2D eigenvalue weighted by Crippen LogP contribution is -2.37. The molecule has 0 bridgehead atoms. The van der Waals surface area contributed by atoms with Crippen molar-refractivity contribution in [2.24, 2.45) is 0 Å². The number of hydrogen-bond acceptors (Lipinski definition) is 2. The van der Waals surface area contributed by atoms with Crippen molar-refractivity contribution < 1.29 is 4.74 Å². The highest BCUT2D eigenvalue weighted by atomic mass is 16.5. The van der Waals surface area contributed by atoms with Crippen molar-refractivity contribution in [1.82, 2.24) is 10.3 Å². The summed E-state index contributed by atoms with van der Waals surface area (Å²) < 4.78 is 6.05. The lowest BCUT2D eigenvalue weighted by molar-refractivity contribution is 0.260. The van der Waals surface area contributed by atoms with E-state index < -0.39 is 0 Å². The molecule has 0 unspecified atom stereocenters. The number of hydrogen-bond donors (Lipinski definition) is 2. The number of aromatic amines is 1. The summed E-state index contributed by atoms with van der Waals surface area (Å²) in [4.78, 5) is 3.35. The third-order valence-corrected chi connectivity index (χ3v) is 4.44. The highest BCUT2D eigenvalue weighted by molar-refractivity contribution is 5.89. The number of benzene rings is 2. The largest absolute Gasteiger partial charge is 0.491 e. The standard InChI is InChI=1S/C19H20N2O/c1-13(14-6-3-2-4-7-14)21-16-10-15-11-20-17-8-5-9-18(19(15)17)22-12-16/h2-9,11,13,16,20-21H,10,12H2,1H3/t13-,16-/m1/s1. The molecule has 1 aliphatic heterocycles. The van der Waals surface area contributed by atoms with Crippen LogP contribution in [0.1, 0.15) is 24.1 Å². The molecule has 1 aliphatic rings. The number of aromatic nitrogens is 1. The van der Waals surface area contributed by atoms with Crippen molar-refractivity contribution in [3.05, 3.63) is 65.9 Å². The Kier molecular flexibility index (Phi) is 3.35. The average Bonchev–Trinajstić information content (AvgIpc) is 2.88. The van der Waals surface area contributed by atoms with Crippen LogP contribution in [0.25, 0.3) is 10.9 Å². The van der Waals surface area contributed by atoms with Gasteiger partial charge in [-0.1, -0.05) is 36.4 Å². The molecular weight excluding hydrogens is 272 g/mol. The maximum absolute atomic E-state index is 6.05. The molecule has 3 nitrogen and oxygen atoms in total. The number of H-pyrrole nitrogens is 1. The fourth-order valence-corrected chi connectivity index (χ4v) is 3.31. The zero-order chi connectivity index (χ0) is 14.9. The summed E-state index contributed by atoms with van der Waals surface area (Å²) in [6.45, 7) is 2.91. The van der Waals surface area contributed by atoms with Gasteiger partial charge in [-0.3, -0.25) is 0 Å². The lowest BCUT2D eigenvalue weighted by Gasteiger charge is -2.22. The molecule has 3 aromatic rings. The topological polar surface area (TPSA) is 37.0 Å². The molecule has 2 heterocycles. The van der Waals surface area contributed by atoms with Crippen LogP contribution in [-0.2, 0) is 6.42 Å². The summed E-state index contributed by atoms with van der Waals surface area (Å²) in [5.41, 5.74) is 3.80. The monoisotopic (exact) mass is 292 g/mol. The molecule has 0 saturated carbocycles. The van der Waals surface area contributed by atoms with Crippen molar-refractivity contribution >= 4 is 10.9 Å². The molecule has 0 aliphatic carbocycles. The summed E-state index contributed by atoms with van der Waals surface area (Å²) in [5, 5.41) is 4.94. The first-order valence-electron chi connectivity index (χ1n) is 7.84. The first-order valence-corrected chi connectivity index (χ1v) is 7.84. The highest BCUT2D eigenvalue weighted by Gasteiger charge is 2.21. The van der Waals surface area contributed by atoms with Gasteiger partial charge in [0.15, 0.2) is 0 Å². The SMILES string of the molecule is C[C@@H](N[C@H]1COc2cccc3[nH]cc(c23)C1)c1ccccc1. The van der Waals surface area contributed by atoms with Gasteiger partial charge in [-0.2, -0.15) is 0 Å². The maximum atomic E-state index is 6.05. The Morgan fingerprint density at radius 3 is 2.86 bits per heavy atom. The molecule has 112 valence electrons. The minimum atomic E-state index is 0.307. The summed E-state index contributed by atoms with van der Waals surface area (Å²) in [6.07, 6.45) is 3.10. The van der Waals surface area contributed by atoms with Crippen LogP contribution in [0.3, 0.4) is 0 Å². The molecule has 3 heteroatoms. The minimum Gasteiger partial charge on any atom is -0.491 e. The highest BCUT2D eigenvalue weighted by Crippen LogP contribution is 2.32. The van der Waals surface area contributed by atoms with Crippen molar-refractivity contribution in [3.63, 3.8) is 0 Å². The summed E-state index contributed by atoms with van der Waals surface area (Å²) in [7, 11) is 0. The molecular formula is C19H20N2O. The number of rotatable bonds is 3. The Morgan fingerprint density at radius 2 is 2.00 bits per heavy atom. The average molecular weight is 292 g/mol. The Labute approximate surface area is 130 Å². The van der Waals surface area contributed by atoms with Gasteiger partial charge < -0.3 is 15.0 Å². The fourth-order valence-electron chi connectivity index (χ4n) is 3.31. The Bertz CT molecular complexity index is 778. The quantitative estimate of drug-likeness (QED) is 0.770. The third kappa shape index (κ3) is 2.38. The van der Waals surface area contributed by atoms with E-state index in [0.29, 0.717) is 18.7 Å². The van der Waals surface area contributed by atoms with E-state index in [2.05, 4.69) is 65.9 Å². The lowest BCUT2D eigenvalue weighted by atomic mass is 10.0. The Hall–Kier alpha value is -2.26. The van der Waals surface area contributed by atoms with Crippen LogP contribution in [0.4, 0.5) is 0 Å². The van der Waals surface area contributed by atoms with Crippen LogP contribution in [0.2, 0.25) is 0 Å². The molecule has 0 fully saturated rings. The molecule has 1 aromatic heterocycles. The normalized spacial score (nSPS) is 18.7. The molecule has 0 saturated heterocycles. The van der Waals surface area contributed by atoms with E-state index >= 15 is 0 Å². The van der Waals surface area contributed by atoms with Crippen molar-refractivity contribution in [2.45, 2.75) is 25.4 Å². The molecule has 0 amide bonds. The van der Waals surface area contributed by atoms with E-state index in [1.807, 2.05) is 6.07 Å². The first-order chi connectivity index (χ1) is 10.8. The second-order valence-corrected chi connectivity index (χ2v) is 6.00. The zero-order valence-electron chi connectivity index (χ0n) is 12.7. The minimum absolute atomic E-state index is 0.307. The summed E-state index contributed by atoms with van der Waals surface area (Å²) in [6, 6.07) is 17.4. The molecule has 2 aromatic carbocycles. The van der Waals surface area contributed by atoms with Gasteiger partial charge in [-0.25, -0.2) is 0 Å². The van der Waals surface area contributed by atoms with E-state index in [1.165, 1.54) is 16.5 Å². The smallest absolute Gasteiger partial charge is 0.129 e. The fraction of sp³-hybridized carbons (Fsp3) is 0.263. The molecule has 2 N–H and O–H groups in total. The van der Waals surface area contributed by atoms with E-state index in [1.54, 1.807) is 0 Å². The van der Waals surface area contributed by atoms with Crippen molar-refractivity contribution in [3.8, 4) is 5.75 Å². The van der Waals surface area contributed by atoms with Gasteiger partial charge in [-0.15, -0.1) is 0 Å². The van der Waals surface area contributed by atoms with Crippen LogP contribution in [0.15, 0.2) is 54.7 Å². The van der Waals surface area contributed by atoms with E-state index in [0.717, 1.165) is 17.7 Å². The van der Waals surface area contributed by atoms with Crippen LogP contribution >= 0.6 is 0 Å². The van der Waals surface area contributed by atoms with Gasteiger partial charge in [0.25, 0.3) is 0 Å². The molecule has 0 radical (unpaired) electrons. The van der Waals surface area contributed by atoms with Crippen LogP contribution < -0.4 is 10.1 Å².